The number of para-hydroxylation sites is 2. The van der Waals surface area contributed by atoms with E-state index in [9.17, 15) is 0 Å². The van der Waals surface area contributed by atoms with Crippen LogP contribution in [0.2, 0.25) is 0 Å². The summed E-state index contributed by atoms with van der Waals surface area (Å²) in [5.74, 6) is 1.15. The number of hydrogen-bond donors (Lipinski definition) is 1. The summed E-state index contributed by atoms with van der Waals surface area (Å²) in [5, 5.41) is 11.8. The summed E-state index contributed by atoms with van der Waals surface area (Å²) in [7, 11) is 0. The molecule has 128 valence electrons. The van der Waals surface area contributed by atoms with E-state index in [0.717, 1.165) is 24.3 Å². The van der Waals surface area contributed by atoms with E-state index < -0.39 is 0 Å². The van der Waals surface area contributed by atoms with Gasteiger partial charge >= 0.3 is 0 Å². The maximum absolute atomic E-state index is 5.78. The molecule has 2 aromatic carbocycles. The van der Waals surface area contributed by atoms with Crippen molar-refractivity contribution < 1.29 is 4.42 Å². The zero-order chi connectivity index (χ0) is 16.9. The highest BCUT2D eigenvalue weighted by atomic mass is 16.4. The van der Waals surface area contributed by atoms with Crippen molar-refractivity contribution >= 4 is 11.4 Å². The Balaban J connectivity index is 1.46. The van der Waals surface area contributed by atoms with Crippen LogP contribution in [0.1, 0.15) is 25.2 Å². The maximum Gasteiger partial charge on any atom is 0.247 e. The number of hydrogen-bond acceptors (Lipinski definition) is 5. The summed E-state index contributed by atoms with van der Waals surface area (Å²) in [6.07, 6.45) is 3.85. The predicted molar refractivity (Wildman–Crippen MR) is 99.6 cm³/mol. The molecule has 0 saturated carbocycles. The Morgan fingerprint density at radius 1 is 0.880 bits per heavy atom. The van der Waals surface area contributed by atoms with Crippen LogP contribution < -0.4 is 10.2 Å². The first kappa shape index (κ1) is 15.7. The minimum absolute atomic E-state index is 0.519. The van der Waals surface area contributed by atoms with Crippen molar-refractivity contribution in [3.05, 3.63) is 60.5 Å². The smallest absolute Gasteiger partial charge is 0.247 e. The Morgan fingerprint density at radius 3 is 2.48 bits per heavy atom. The van der Waals surface area contributed by atoms with Gasteiger partial charge in [-0.3, -0.25) is 0 Å². The third-order valence-electron chi connectivity index (χ3n) is 4.52. The lowest BCUT2D eigenvalue weighted by atomic mass is 10.1. The molecule has 0 atom stereocenters. The van der Waals surface area contributed by atoms with Crippen LogP contribution in [-0.4, -0.2) is 23.3 Å². The predicted octanol–water partition coefficient (Wildman–Crippen LogP) is 4.34. The number of nitrogens with one attached hydrogen (secondary N) is 1. The molecule has 1 aliphatic rings. The molecule has 1 aromatic heterocycles. The number of benzene rings is 2. The van der Waals surface area contributed by atoms with Gasteiger partial charge in [-0.05, 0) is 43.5 Å². The summed E-state index contributed by atoms with van der Waals surface area (Å²) in [6, 6.07) is 18.3. The summed E-state index contributed by atoms with van der Waals surface area (Å²) >= 11 is 0. The maximum atomic E-state index is 5.78. The van der Waals surface area contributed by atoms with Gasteiger partial charge in [0.05, 0.1) is 17.9 Å². The van der Waals surface area contributed by atoms with Crippen LogP contribution >= 0.6 is 0 Å². The summed E-state index contributed by atoms with van der Waals surface area (Å²) < 4.78 is 5.78. The molecule has 0 amide bonds. The summed E-state index contributed by atoms with van der Waals surface area (Å²) in [5.41, 5.74) is 3.31. The van der Waals surface area contributed by atoms with Gasteiger partial charge in [0.1, 0.15) is 0 Å². The van der Waals surface area contributed by atoms with E-state index in [1.807, 2.05) is 30.3 Å². The minimum Gasteiger partial charge on any atom is -0.419 e. The van der Waals surface area contributed by atoms with E-state index in [1.54, 1.807) is 0 Å². The second-order valence-corrected chi connectivity index (χ2v) is 6.29. The second-order valence-electron chi connectivity index (χ2n) is 6.29. The second kappa shape index (κ2) is 7.38. The van der Waals surface area contributed by atoms with Gasteiger partial charge in [0.15, 0.2) is 0 Å². The Hall–Kier alpha value is -2.82. The highest BCUT2D eigenvalue weighted by Crippen LogP contribution is 2.28. The van der Waals surface area contributed by atoms with E-state index in [2.05, 4.69) is 44.7 Å². The molecule has 0 aliphatic carbocycles. The largest absolute Gasteiger partial charge is 0.419 e. The number of anilines is 2. The Labute approximate surface area is 147 Å². The molecule has 5 nitrogen and oxygen atoms in total. The van der Waals surface area contributed by atoms with Gasteiger partial charge in [-0.2, -0.15) is 0 Å². The minimum atomic E-state index is 0.519. The van der Waals surface area contributed by atoms with Crippen molar-refractivity contribution in [1.82, 2.24) is 10.2 Å². The molecule has 3 aromatic rings. The van der Waals surface area contributed by atoms with Crippen LogP contribution in [0.4, 0.5) is 11.4 Å². The average molecular weight is 334 g/mol. The lowest BCUT2D eigenvalue weighted by Gasteiger charge is -2.30. The number of piperidine rings is 1. The highest BCUT2D eigenvalue weighted by molar-refractivity contribution is 5.70. The average Bonchev–Trinajstić information content (AvgIpc) is 3.17. The van der Waals surface area contributed by atoms with Gasteiger partial charge in [-0.25, -0.2) is 0 Å². The third-order valence-corrected chi connectivity index (χ3v) is 4.52. The van der Waals surface area contributed by atoms with Crippen molar-refractivity contribution in [1.29, 1.82) is 0 Å². The first-order chi connectivity index (χ1) is 12.4. The van der Waals surface area contributed by atoms with Crippen LogP contribution in [0.25, 0.3) is 11.5 Å². The molecule has 4 rings (SSSR count). The molecule has 1 saturated heterocycles. The zero-order valence-electron chi connectivity index (χ0n) is 14.2. The van der Waals surface area contributed by atoms with Crippen LogP contribution in [0.3, 0.4) is 0 Å². The SMILES string of the molecule is c1ccc(-c2nnc(CNc3ccccc3N3CCCCC3)o2)cc1. The van der Waals surface area contributed by atoms with E-state index in [0.29, 0.717) is 18.3 Å². The molecule has 0 bridgehead atoms. The number of nitrogens with zero attached hydrogens (tertiary/aromatic N) is 3. The third kappa shape index (κ3) is 3.65. The van der Waals surface area contributed by atoms with Gasteiger partial charge in [0.2, 0.25) is 11.8 Å². The lowest BCUT2D eigenvalue weighted by Crippen LogP contribution is -2.30. The zero-order valence-corrected chi connectivity index (χ0v) is 14.2. The van der Waals surface area contributed by atoms with Crippen LogP contribution in [0.15, 0.2) is 59.0 Å². The van der Waals surface area contributed by atoms with Gasteiger partial charge in [-0.1, -0.05) is 30.3 Å². The molecule has 25 heavy (non-hydrogen) atoms. The Bertz CT molecular complexity index is 809. The topological polar surface area (TPSA) is 54.2 Å². The molecule has 1 N–H and O–H groups in total. The first-order valence-electron chi connectivity index (χ1n) is 8.86. The lowest BCUT2D eigenvalue weighted by molar-refractivity contribution is 0.515. The molecular formula is C20H22N4O. The summed E-state index contributed by atoms with van der Waals surface area (Å²) in [4.78, 5) is 2.45. The number of rotatable bonds is 5. The van der Waals surface area contributed by atoms with Crippen molar-refractivity contribution in [2.75, 3.05) is 23.3 Å². The quantitative estimate of drug-likeness (QED) is 0.752. The molecule has 5 heteroatoms. The van der Waals surface area contributed by atoms with Gasteiger partial charge in [-0.15, -0.1) is 10.2 Å². The van der Waals surface area contributed by atoms with E-state index in [-0.39, 0.29) is 0 Å². The highest BCUT2D eigenvalue weighted by Gasteiger charge is 2.15. The van der Waals surface area contributed by atoms with Crippen LogP contribution in [0.5, 0.6) is 0 Å². The van der Waals surface area contributed by atoms with Gasteiger partial charge < -0.3 is 14.6 Å². The van der Waals surface area contributed by atoms with Gasteiger partial charge in [0.25, 0.3) is 0 Å². The molecule has 0 radical (unpaired) electrons. The van der Waals surface area contributed by atoms with Crippen LogP contribution in [0, 0.1) is 0 Å². The molecule has 0 unspecified atom stereocenters. The standard InChI is InChI=1S/C20H22N4O/c1-3-9-16(10-4-1)20-23-22-19(25-20)15-21-17-11-5-6-12-18(17)24-13-7-2-8-14-24/h1,3-6,9-12,21H,2,7-8,13-15H2. The van der Waals surface area contributed by atoms with Crippen molar-refractivity contribution in [3.63, 3.8) is 0 Å². The van der Waals surface area contributed by atoms with Crippen molar-refractivity contribution in [2.45, 2.75) is 25.8 Å². The molecule has 1 fully saturated rings. The fourth-order valence-electron chi connectivity index (χ4n) is 3.23. The first-order valence-corrected chi connectivity index (χ1v) is 8.86. The van der Waals surface area contributed by atoms with E-state index >= 15 is 0 Å². The van der Waals surface area contributed by atoms with Crippen LogP contribution in [-0.2, 0) is 6.54 Å². The monoisotopic (exact) mass is 334 g/mol. The van der Waals surface area contributed by atoms with E-state index in [4.69, 9.17) is 4.42 Å². The van der Waals surface area contributed by atoms with Crippen molar-refractivity contribution in [3.8, 4) is 11.5 Å². The number of aromatic nitrogens is 2. The Kier molecular flexibility index (Phi) is 4.63. The van der Waals surface area contributed by atoms with Gasteiger partial charge in [0, 0.05) is 18.7 Å². The van der Waals surface area contributed by atoms with E-state index in [1.165, 1.54) is 24.9 Å². The Morgan fingerprint density at radius 2 is 1.64 bits per heavy atom. The molecule has 1 aliphatic heterocycles. The molecule has 2 heterocycles. The normalized spacial score (nSPS) is 14.5. The fraction of sp³-hybridized carbons (Fsp3) is 0.300. The fourth-order valence-corrected chi connectivity index (χ4v) is 3.23. The molecule has 0 spiro atoms. The van der Waals surface area contributed by atoms with Crippen molar-refractivity contribution in [2.24, 2.45) is 0 Å². The molecular weight excluding hydrogens is 312 g/mol. The summed E-state index contributed by atoms with van der Waals surface area (Å²) in [6.45, 7) is 2.76.